The van der Waals surface area contributed by atoms with Gasteiger partial charge in [-0.1, -0.05) is 60.7 Å². The lowest BCUT2D eigenvalue weighted by molar-refractivity contribution is -0.384. The van der Waals surface area contributed by atoms with Gasteiger partial charge in [-0.25, -0.2) is 0 Å². The van der Waals surface area contributed by atoms with E-state index in [0.717, 1.165) is 23.3 Å². The molecule has 0 amide bonds. The van der Waals surface area contributed by atoms with Gasteiger partial charge in [0.25, 0.3) is 11.4 Å². The third-order valence-electron chi connectivity index (χ3n) is 10.8. The first-order valence-corrected chi connectivity index (χ1v) is 19.9. The van der Waals surface area contributed by atoms with E-state index in [9.17, 15) is 56.8 Å². The Balaban J connectivity index is 0.000000196. The number of benzene rings is 4. The Kier molecular flexibility index (Phi) is 13.1. The van der Waals surface area contributed by atoms with Crippen molar-refractivity contribution in [3.63, 3.8) is 0 Å². The first-order valence-electron chi connectivity index (χ1n) is 19.9. The van der Waals surface area contributed by atoms with E-state index in [4.69, 9.17) is 0 Å². The molecule has 8 aromatic rings. The molecule has 0 bridgehead atoms. The smallest absolute Gasteiger partial charge is 0.381 e. The average Bonchev–Trinajstić information content (AvgIpc) is 3.86. The number of anilines is 2. The molecule has 8 rings (SSSR count). The maximum atomic E-state index is 14.2. The van der Waals surface area contributed by atoms with E-state index in [1.807, 2.05) is 0 Å². The number of nitro benzene ring substituents is 2. The van der Waals surface area contributed by atoms with Crippen LogP contribution in [0.3, 0.4) is 0 Å². The van der Waals surface area contributed by atoms with Crippen LogP contribution in [0.2, 0.25) is 0 Å². The van der Waals surface area contributed by atoms with E-state index in [0.29, 0.717) is 11.4 Å². The van der Waals surface area contributed by atoms with Gasteiger partial charge in [-0.3, -0.25) is 30.2 Å². The monoisotopic (exact) mass is 912 g/mol. The number of rotatable bonds is 14. The van der Waals surface area contributed by atoms with Crippen molar-refractivity contribution in [3.8, 4) is 0 Å². The number of pyridine rings is 2. The van der Waals surface area contributed by atoms with Crippen molar-refractivity contribution in [1.29, 1.82) is 0 Å². The number of nitrogens with zero attached hydrogens (tertiary/aromatic N) is 6. The number of alkyl halides is 6. The van der Waals surface area contributed by atoms with Gasteiger partial charge in [0, 0.05) is 108 Å². The summed E-state index contributed by atoms with van der Waals surface area (Å²) in [6.45, 7) is -1.38. The molecule has 0 aliphatic rings. The van der Waals surface area contributed by atoms with Gasteiger partial charge in [-0.05, 0) is 47.5 Å². The summed E-state index contributed by atoms with van der Waals surface area (Å²) in [5.74, 6) is 0. The molecular formula is C46H38F6N8O6. The van der Waals surface area contributed by atoms with Crippen LogP contribution in [0.1, 0.15) is 22.3 Å². The predicted octanol–water partition coefficient (Wildman–Crippen LogP) is 9.71. The lowest BCUT2D eigenvalue weighted by atomic mass is 9.92. The number of aromatic nitrogens is 4. The SMILES string of the molecule is O=[N+]([O-])c1ccc2c(C(O)(CNc3ccncc3)C(F)(F)F)cn(Cc3ccccc3)c2c1.O=[N+]([O-])c1ccc2c(C(O)(CNc3ccncc3)C(F)(F)F)cn(Cc3ccccc3)c2c1. The third-order valence-corrected chi connectivity index (χ3v) is 10.8. The molecule has 0 saturated carbocycles. The van der Waals surface area contributed by atoms with Gasteiger partial charge in [-0.15, -0.1) is 0 Å². The van der Waals surface area contributed by atoms with Crippen molar-refractivity contribution < 1.29 is 46.4 Å². The summed E-state index contributed by atoms with van der Waals surface area (Å²) in [6, 6.07) is 31.1. The molecule has 0 saturated heterocycles. The zero-order valence-corrected chi connectivity index (χ0v) is 34.3. The van der Waals surface area contributed by atoms with Crippen LogP contribution in [0.4, 0.5) is 49.1 Å². The molecule has 0 radical (unpaired) electrons. The molecule has 0 aliphatic heterocycles. The molecule has 66 heavy (non-hydrogen) atoms. The molecule has 2 atom stereocenters. The van der Waals surface area contributed by atoms with Crippen molar-refractivity contribution in [2.45, 2.75) is 36.6 Å². The minimum Gasteiger partial charge on any atom is -0.381 e. The van der Waals surface area contributed by atoms with E-state index in [1.54, 1.807) is 60.7 Å². The van der Waals surface area contributed by atoms with Gasteiger partial charge in [0.15, 0.2) is 0 Å². The van der Waals surface area contributed by atoms with Crippen molar-refractivity contribution in [2.24, 2.45) is 0 Å². The minimum atomic E-state index is -5.03. The maximum absolute atomic E-state index is 14.2. The first kappa shape index (κ1) is 46.2. The van der Waals surface area contributed by atoms with Crippen molar-refractivity contribution >= 4 is 44.6 Å². The van der Waals surface area contributed by atoms with Gasteiger partial charge < -0.3 is 30.0 Å². The largest absolute Gasteiger partial charge is 0.423 e. The number of halogens is 6. The van der Waals surface area contributed by atoms with Gasteiger partial charge in [0.2, 0.25) is 11.2 Å². The van der Waals surface area contributed by atoms with Crippen LogP contribution in [-0.2, 0) is 24.3 Å². The highest BCUT2D eigenvalue weighted by Gasteiger charge is 2.57. The Morgan fingerprint density at radius 1 is 0.530 bits per heavy atom. The number of non-ortho nitro benzene ring substituents is 2. The normalized spacial score (nSPS) is 13.6. The number of aliphatic hydroxyl groups is 2. The fourth-order valence-electron chi connectivity index (χ4n) is 7.36. The van der Waals surface area contributed by atoms with Crippen LogP contribution < -0.4 is 10.6 Å². The molecular weight excluding hydrogens is 875 g/mol. The number of nitrogens with one attached hydrogen (secondary N) is 2. The van der Waals surface area contributed by atoms with Crippen molar-refractivity contribution in [2.75, 3.05) is 23.7 Å². The summed E-state index contributed by atoms with van der Waals surface area (Å²) in [5.41, 5.74) is -5.08. The first-order chi connectivity index (χ1) is 31.4. The van der Waals surface area contributed by atoms with Crippen molar-refractivity contribution in [3.05, 3.63) is 201 Å². The quantitative estimate of drug-likeness (QED) is 0.0465. The number of hydrogen-bond donors (Lipinski definition) is 4. The Labute approximate surface area is 370 Å². The average molecular weight is 913 g/mol. The molecule has 2 unspecified atom stereocenters. The lowest BCUT2D eigenvalue weighted by Gasteiger charge is -2.31. The zero-order chi connectivity index (χ0) is 47.3. The molecule has 4 aromatic heterocycles. The summed E-state index contributed by atoms with van der Waals surface area (Å²) in [5, 5.41) is 49.9. The molecule has 14 nitrogen and oxygen atoms in total. The Morgan fingerprint density at radius 2 is 0.879 bits per heavy atom. The van der Waals surface area contributed by atoms with Crippen LogP contribution in [-0.4, -0.2) is 64.6 Å². The van der Waals surface area contributed by atoms with Gasteiger partial charge in [0.1, 0.15) is 0 Å². The number of fused-ring (bicyclic) bond motifs is 2. The lowest BCUT2D eigenvalue weighted by Crippen LogP contribution is -2.47. The summed E-state index contributed by atoms with van der Waals surface area (Å²) >= 11 is 0. The maximum Gasteiger partial charge on any atom is 0.423 e. The standard InChI is InChI=1S/2C23H19F3N4O3/c2*24-23(25,26)22(31,15-28-17-8-10-27-11-9-17)20-14-29(13-16-4-2-1-3-5-16)21-12-18(30(32)33)6-7-19(20)21/h2*1-12,14,31H,13,15H2,(H,27,28). The summed E-state index contributed by atoms with van der Waals surface area (Å²) in [6.07, 6.45) is -1.97. The zero-order valence-electron chi connectivity index (χ0n) is 34.3. The van der Waals surface area contributed by atoms with Gasteiger partial charge in [0.05, 0.1) is 34.0 Å². The molecule has 4 N–H and O–H groups in total. The Bertz CT molecular complexity index is 2750. The highest BCUT2D eigenvalue weighted by atomic mass is 19.4. The van der Waals surface area contributed by atoms with Crippen LogP contribution in [0.5, 0.6) is 0 Å². The minimum absolute atomic E-state index is 0.0767. The summed E-state index contributed by atoms with van der Waals surface area (Å²) in [4.78, 5) is 29.0. The molecule has 4 heterocycles. The Hall–Kier alpha value is -7.84. The molecule has 20 heteroatoms. The van der Waals surface area contributed by atoms with Crippen molar-refractivity contribution in [1.82, 2.24) is 19.1 Å². The molecule has 4 aromatic carbocycles. The van der Waals surface area contributed by atoms with E-state index in [-0.39, 0.29) is 46.3 Å². The van der Waals surface area contributed by atoms with Gasteiger partial charge in [-0.2, -0.15) is 26.3 Å². The second kappa shape index (κ2) is 18.7. The highest BCUT2D eigenvalue weighted by molar-refractivity contribution is 5.88. The highest BCUT2D eigenvalue weighted by Crippen LogP contribution is 2.45. The summed E-state index contributed by atoms with van der Waals surface area (Å²) in [7, 11) is 0. The van der Waals surface area contributed by atoms with Crippen LogP contribution >= 0.6 is 0 Å². The molecule has 0 aliphatic carbocycles. The summed E-state index contributed by atoms with van der Waals surface area (Å²) < 4.78 is 88.4. The van der Waals surface area contributed by atoms with Gasteiger partial charge >= 0.3 is 12.4 Å². The van der Waals surface area contributed by atoms with E-state index in [2.05, 4.69) is 20.6 Å². The number of hydrogen-bond acceptors (Lipinski definition) is 10. The predicted molar refractivity (Wildman–Crippen MR) is 234 cm³/mol. The second-order valence-electron chi connectivity index (χ2n) is 15.1. The molecule has 0 spiro atoms. The molecule has 0 fully saturated rings. The van der Waals surface area contributed by atoms with E-state index >= 15 is 0 Å². The topological polar surface area (TPSA) is 186 Å². The van der Waals surface area contributed by atoms with Crippen LogP contribution in [0.25, 0.3) is 21.8 Å². The second-order valence-corrected chi connectivity index (χ2v) is 15.1. The van der Waals surface area contributed by atoms with Crippen LogP contribution in [0.15, 0.2) is 159 Å². The fourth-order valence-corrected chi connectivity index (χ4v) is 7.36. The Morgan fingerprint density at radius 3 is 1.20 bits per heavy atom. The molecule has 340 valence electrons. The van der Waals surface area contributed by atoms with E-state index in [1.165, 1.54) is 94.8 Å². The number of nitro groups is 2. The third kappa shape index (κ3) is 9.78. The van der Waals surface area contributed by atoms with Crippen LogP contribution in [0, 0.1) is 20.2 Å². The fraction of sp³-hybridized carbons (Fsp3) is 0.174. The van der Waals surface area contributed by atoms with E-state index < -0.39 is 57.6 Å².